The Bertz CT molecular complexity index is 972. The van der Waals surface area contributed by atoms with E-state index in [9.17, 15) is 26.3 Å². The first-order valence-electron chi connectivity index (χ1n) is 8.29. The van der Waals surface area contributed by atoms with Gasteiger partial charge in [-0.15, -0.1) is 0 Å². The molecule has 2 aromatic carbocycles. The van der Waals surface area contributed by atoms with E-state index in [-0.39, 0.29) is 18.4 Å². The van der Waals surface area contributed by atoms with Gasteiger partial charge >= 0.3 is 12.4 Å². The van der Waals surface area contributed by atoms with Crippen molar-refractivity contribution in [2.75, 3.05) is 0 Å². The molecule has 0 aliphatic rings. The quantitative estimate of drug-likeness (QED) is 0.580. The molecule has 1 aromatic heterocycles. The predicted molar refractivity (Wildman–Crippen MR) is 90.4 cm³/mol. The van der Waals surface area contributed by atoms with Gasteiger partial charge in [-0.1, -0.05) is 18.2 Å². The molecule has 3 nitrogen and oxygen atoms in total. The highest BCUT2D eigenvalue weighted by atomic mass is 19.4. The topological polar surface area (TPSA) is 41.6 Å². The lowest BCUT2D eigenvalue weighted by Crippen LogP contribution is -2.13. The molecule has 0 fully saturated rings. The van der Waals surface area contributed by atoms with Crippen LogP contribution in [-0.2, 0) is 25.2 Å². The summed E-state index contributed by atoms with van der Waals surface area (Å²) in [4.78, 5) is 0. The van der Waals surface area contributed by atoms with Crippen molar-refractivity contribution in [2.45, 2.75) is 32.1 Å². The van der Waals surface area contributed by atoms with Gasteiger partial charge in [-0.25, -0.2) is 0 Å². The van der Waals surface area contributed by atoms with Crippen LogP contribution in [0.4, 0.5) is 26.3 Å². The molecule has 0 amide bonds. The van der Waals surface area contributed by atoms with Gasteiger partial charge in [-0.3, -0.25) is 0 Å². The Hall–Kier alpha value is -2.84. The SMILES string of the molecule is Cc1n[nH]nc1-c1cccc(CCc2cc(C(F)(F)F)ccc2C(F)(F)F)c1. The van der Waals surface area contributed by atoms with E-state index in [1.165, 1.54) is 0 Å². The number of halogens is 6. The standard InChI is InChI=1S/C19H15F6N3/c1-11-17(27-28-26-11)14-4-2-3-12(9-14)5-6-13-10-15(18(20,21)22)7-8-16(13)19(23,24)25/h2-4,7-10H,5-6H2,1H3,(H,26,27,28). The van der Waals surface area contributed by atoms with Gasteiger partial charge in [0.1, 0.15) is 5.69 Å². The first kappa shape index (κ1) is 19.9. The van der Waals surface area contributed by atoms with E-state index in [1.807, 2.05) is 0 Å². The summed E-state index contributed by atoms with van der Waals surface area (Å²) >= 11 is 0. The predicted octanol–water partition coefficient (Wildman–Crippen LogP) is 5.60. The van der Waals surface area contributed by atoms with Crippen LogP contribution in [0.1, 0.15) is 27.9 Å². The average molecular weight is 399 g/mol. The second-order valence-corrected chi connectivity index (χ2v) is 6.33. The summed E-state index contributed by atoms with van der Waals surface area (Å²) in [6, 6.07) is 8.48. The Balaban J connectivity index is 1.89. The molecule has 1 heterocycles. The van der Waals surface area contributed by atoms with Gasteiger partial charge in [0.15, 0.2) is 0 Å². The fourth-order valence-corrected chi connectivity index (χ4v) is 2.96. The molecule has 1 N–H and O–H groups in total. The maximum absolute atomic E-state index is 13.2. The van der Waals surface area contributed by atoms with Crippen LogP contribution in [-0.4, -0.2) is 15.4 Å². The third kappa shape index (κ3) is 4.35. The van der Waals surface area contributed by atoms with Crippen molar-refractivity contribution in [3.8, 4) is 11.3 Å². The maximum Gasteiger partial charge on any atom is 0.416 e. The highest BCUT2D eigenvalue weighted by Gasteiger charge is 2.36. The van der Waals surface area contributed by atoms with Gasteiger partial charge in [0.25, 0.3) is 0 Å². The number of hydrogen-bond acceptors (Lipinski definition) is 2. The molecule has 0 saturated heterocycles. The molecular weight excluding hydrogens is 384 g/mol. The van der Waals surface area contributed by atoms with Crippen molar-refractivity contribution in [2.24, 2.45) is 0 Å². The number of aromatic amines is 1. The van der Waals surface area contributed by atoms with E-state index in [4.69, 9.17) is 0 Å². The number of hydrogen-bond donors (Lipinski definition) is 1. The first-order chi connectivity index (χ1) is 13.1. The number of nitrogens with one attached hydrogen (secondary N) is 1. The van der Waals surface area contributed by atoms with Crippen molar-refractivity contribution in [1.29, 1.82) is 0 Å². The van der Waals surface area contributed by atoms with Gasteiger partial charge in [0.2, 0.25) is 0 Å². The molecule has 0 atom stereocenters. The monoisotopic (exact) mass is 399 g/mol. The van der Waals surface area contributed by atoms with Gasteiger partial charge in [0, 0.05) is 5.56 Å². The van der Waals surface area contributed by atoms with Crippen molar-refractivity contribution in [3.63, 3.8) is 0 Å². The van der Waals surface area contributed by atoms with Crippen molar-refractivity contribution >= 4 is 0 Å². The van der Waals surface area contributed by atoms with Crippen LogP contribution in [0.2, 0.25) is 0 Å². The minimum Gasteiger partial charge on any atom is -0.197 e. The summed E-state index contributed by atoms with van der Waals surface area (Å²) in [5, 5.41) is 10.4. The number of nitrogens with zero attached hydrogens (tertiary/aromatic N) is 2. The minimum atomic E-state index is -4.72. The number of aryl methyl sites for hydroxylation is 3. The Morgan fingerprint density at radius 1 is 0.857 bits per heavy atom. The third-order valence-electron chi connectivity index (χ3n) is 4.34. The van der Waals surface area contributed by atoms with Crippen LogP contribution < -0.4 is 0 Å². The highest BCUT2D eigenvalue weighted by molar-refractivity contribution is 5.61. The van der Waals surface area contributed by atoms with Gasteiger partial charge in [0.05, 0.1) is 16.8 Å². The number of rotatable bonds is 4. The van der Waals surface area contributed by atoms with Crippen molar-refractivity contribution < 1.29 is 26.3 Å². The number of benzene rings is 2. The average Bonchev–Trinajstić information content (AvgIpc) is 3.04. The molecule has 0 bridgehead atoms. The Kier molecular flexibility index (Phi) is 5.18. The molecule has 9 heteroatoms. The summed E-state index contributed by atoms with van der Waals surface area (Å²) in [6.07, 6.45) is -9.46. The number of H-pyrrole nitrogens is 1. The Morgan fingerprint density at radius 3 is 2.21 bits per heavy atom. The van der Waals surface area contributed by atoms with E-state index in [0.717, 1.165) is 5.56 Å². The van der Waals surface area contributed by atoms with E-state index >= 15 is 0 Å². The fraction of sp³-hybridized carbons (Fsp3) is 0.263. The molecule has 0 spiro atoms. The molecule has 0 unspecified atom stereocenters. The van der Waals surface area contributed by atoms with Crippen LogP contribution in [0, 0.1) is 6.92 Å². The summed E-state index contributed by atoms with van der Waals surface area (Å²) in [5.74, 6) is 0. The fourth-order valence-electron chi connectivity index (χ4n) is 2.96. The molecule has 28 heavy (non-hydrogen) atoms. The van der Waals surface area contributed by atoms with Crippen molar-refractivity contribution in [1.82, 2.24) is 15.4 Å². The third-order valence-corrected chi connectivity index (χ3v) is 4.34. The molecular formula is C19H15F6N3. The van der Waals surface area contributed by atoms with E-state index in [0.29, 0.717) is 35.2 Å². The largest absolute Gasteiger partial charge is 0.416 e. The zero-order valence-corrected chi connectivity index (χ0v) is 14.6. The normalized spacial score (nSPS) is 12.4. The van der Waals surface area contributed by atoms with E-state index in [2.05, 4.69) is 15.4 Å². The molecule has 3 rings (SSSR count). The van der Waals surface area contributed by atoms with Gasteiger partial charge < -0.3 is 0 Å². The zero-order valence-electron chi connectivity index (χ0n) is 14.6. The highest BCUT2D eigenvalue weighted by Crippen LogP contribution is 2.37. The smallest absolute Gasteiger partial charge is 0.197 e. The number of alkyl halides is 6. The second-order valence-electron chi connectivity index (χ2n) is 6.33. The molecule has 0 aliphatic heterocycles. The van der Waals surface area contributed by atoms with Crippen LogP contribution in [0.5, 0.6) is 0 Å². The zero-order chi connectivity index (χ0) is 20.5. The molecule has 148 valence electrons. The molecule has 3 aromatic rings. The van der Waals surface area contributed by atoms with Crippen molar-refractivity contribution in [3.05, 3.63) is 70.4 Å². The molecule has 0 aliphatic carbocycles. The van der Waals surface area contributed by atoms with Crippen LogP contribution >= 0.6 is 0 Å². The lowest BCUT2D eigenvalue weighted by molar-refractivity contribution is -0.141. The van der Waals surface area contributed by atoms with Gasteiger partial charge in [-0.05, 0) is 55.2 Å². The first-order valence-corrected chi connectivity index (χ1v) is 8.29. The van der Waals surface area contributed by atoms with Crippen LogP contribution in [0.25, 0.3) is 11.3 Å². The Morgan fingerprint density at radius 2 is 1.61 bits per heavy atom. The number of aromatic nitrogens is 3. The molecule has 0 radical (unpaired) electrons. The lowest BCUT2D eigenvalue weighted by atomic mass is 9.96. The van der Waals surface area contributed by atoms with Crippen LogP contribution in [0.15, 0.2) is 42.5 Å². The molecule has 0 saturated carbocycles. The maximum atomic E-state index is 13.2. The summed E-state index contributed by atoms with van der Waals surface area (Å²) in [7, 11) is 0. The van der Waals surface area contributed by atoms with Crippen LogP contribution in [0.3, 0.4) is 0 Å². The van der Waals surface area contributed by atoms with Gasteiger partial charge in [-0.2, -0.15) is 41.8 Å². The summed E-state index contributed by atoms with van der Waals surface area (Å²) in [6.45, 7) is 1.75. The lowest BCUT2D eigenvalue weighted by Gasteiger charge is -2.16. The van der Waals surface area contributed by atoms with E-state index in [1.54, 1.807) is 31.2 Å². The summed E-state index contributed by atoms with van der Waals surface area (Å²) in [5.41, 5.74) is 0.150. The van der Waals surface area contributed by atoms with E-state index < -0.39 is 23.5 Å². The summed E-state index contributed by atoms with van der Waals surface area (Å²) < 4.78 is 78.3. The minimum absolute atomic E-state index is 0.148. The Labute approximate surface area is 156 Å². The second kappa shape index (κ2) is 7.29.